The van der Waals surface area contributed by atoms with Gasteiger partial charge in [-0.15, -0.1) is 0 Å². The number of carbonyl (C=O) groups excluding carboxylic acids is 1. The average Bonchev–Trinajstić information content (AvgIpc) is 2.10. The average molecular weight is 158 g/mol. The predicted molar refractivity (Wildman–Crippen MR) is 40.2 cm³/mol. The largest absolute Gasteiger partial charge is 0.351 e. The van der Waals surface area contributed by atoms with Crippen LogP contribution in [-0.4, -0.2) is 25.3 Å². The molecule has 0 aromatic rings. The molecular weight excluding hydrogens is 144 g/mol. The van der Waals surface area contributed by atoms with Crippen LogP contribution in [0, 0.1) is 5.92 Å². The molecule has 1 fully saturated rings. The Labute approximate surface area is 66.7 Å². The highest BCUT2D eigenvalue weighted by atomic mass is 16.7. The van der Waals surface area contributed by atoms with Gasteiger partial charge in [0.05, 0.1) is 13.2 Å². The van der Waals surface area contributed by atoms with Crippen molar-refractivity contribution < 1.29 is 14.3 Å². The van der Waals surface area contributed by atoms with Crippen molar-refractivity contribution in [2.24, 2.45) is 5.92 Å². The molecule has 0 N–H and O–H groups in total. The number of ether oxygens (including phenoxy) is 2. The van der Waals surface area contributed by atoms with Crippen LogP contribution in [0.1, 0.15) is 20.3 Å². The van der Waals surface area contributed by atoms with Gasteiger partial charge in [0.1, 0.15) is 6.29 Å². The lowest BCUT2D eigenvalue weighted by Gasteiger charge is -2.22. The van der Waals surface area contributed by atoms with Crippen LogP contribution in [0.5, 0.6) is 0 Å². The van der Waals surface area contributed by atoms with Gasteiger partial charge in [-0.1, -0.05) is 0 Å². The summed E-state index contributed by atoms with van der Waals surface area (Å²) in [6.45, 7) is 4.81. The fourth-order valence-electron chi connectivity index (χ4n) is 0.996. The fraction of sp³-hybridized carbons (Fsp3) is 0.875. The first-order valence-electron chi connectivity index (χ1n) is 3.87. The molecule has 1 heterocycles. The first kappa shape index (κ1) is 8.68. The Morgan fingerprint density at radius 2 is 2.18 bits per heavy atom. The number of hydrogen-bond acceptors (Lipinski definition) is 3. The Balaban J connectivity index is 2.45. The predicted octanol–water partition coefficient (Wildman–Crippen LogP) is 0.975. The molecule has 0 spiro atoms. The van der Waals surface area contributed by atoms with Crippen LogP contribution in [0.4, 0.5) is 0 Å². The lowest BCUT2D eigenvalue weighted by atomic mass is 10.1. The molecular formula is C8H14O3. The SMILES string of the molecule is CC1(C)OCC[C@H](C=O)CO1. The summed E-state index contributed by atoms with van der Waals surface area (Å²) in [5.74, 6) is -0.505. The monoisotopic (exact) mass is 158 g/mol. The molecule has 64 valence electrons. The lowest BCUT2D eigenvalue weighted by Crippen LogP contribution is -2.27. The van der Waals surface area contributed by atoms with E-state index in [9.17, 15) is 4.79 Å². The number of rotatable bonds is 1. The van der Waals surface area contributed by atoms with E-state index in [-0.39, 0.29) is 5.92 Å². The normalized spacial score (nSPS) is 30.9. The van der Waals surface area contributed by atoms with Crippen molar-refractivity contribution in [1.29, 1.82) is 0 Å². The highest BCUT2D eigenvalue weighted by Gasteiger charge is 2.24. The van der Waals surface area contributed by atoms with Crippen molar-refractivity contribution in [1.82, 2.24) is 0 Å². The molecule has 3 heteroatoms. The molecule has 0 amide bonds. The molecule has 0 saturated carbocycles. The Morgan fingerprint density at radius 1 is 1.45 bits per heavy atom. The van der Waals surface area contributed by atoms with Gasteiger partial charge in [-0.25, -0.2) is 0 Å². The Bertz CT molecular complexity index is 142. The summed E-state index contributed by atoms with van der Waals surface area (Å²) in [5, 5.41) is 0. The molecule has 3 nitrogen and oxygen atoms in total. The number of hydrogen-bond donors (Lipinski definition) is 0. The second kappa shape index (κ2) is 3.32. The molecule has 0 unspecified atom stereocenters. The molecule has 1 rings (SSSR count). The van der Waals surface area contributed by atoms with Crippen LogP contribution >= 0.6 is 0 Å². The van der Waals surface area contributed by atoms with Gasteiger partial charge in [0.2, 0.25) is 0 Å². The molecule has 0 radical (unpaired) electrons. The van der Waals surface area contributed by atoms with Crippen molar-refractivity contribution in [2.45, 2.75) is 26.1 Å². The zero-order chi connectivity index (χ0) is 8.32. The quantitative estimate of drug-likeness (QED) is 0.533. The van der Waals surface area contributed by atoms with Crippen LogP contribution in [0.25, 0.3) is 0 Å². The van der Waals surface area contributed by atoms with E-state index in [2.05, 4.69) is 0 Å². The summed E-state index contributed by atoms with van der Waals surface area (Å²) >= 11 is 0. The first-order valence-corrected chi connectivity index (χ1v) is 3.87. The van der Waals surface area contributed by atoms with Gasteiger partial charge < -0.3 is 14.3 Å². The summed E-state index contributed by atoms with van der Waals surface area (Å²) < 4.78 is 10.7. The standard InChI is InChI=1S/C8H14O3/c1-8(2)10-4-3-7(5-9)6-11-8/h5,7H,3-4,6H2,1-2H3/t7-/m1/s1. The molecule has 1 aliphatic heterocycles. The van der Waals surface area contributed by atoms with Crippen LogP contribution in [0.15, 0.2) is 0 Å². The van der Waals surface area contributed by atoms with E-state index in [1.54, 1.807) is 0 Å². The van der Waals surface area contributed by atoms with Crippen LogP contribution in [0.3, 0.4) is 0 Å². The topological polar surface area (TPSA) is 35.5 Å². The highest BCUT2D eigenvalue weighted by molar-refractivity contribution is 5.53. The maximum Gasteiger partial charge on any atom is 0.162 e. The van der Waals surface area contributed by atoms with Crippen molar-refractivity contribution in [3.05, 3.63) is 0 Å². The number of aldehydes is 1. The molecule has 1 aliphatic rings. The fourth-order valence-corrected chi connectivity index (χ4v) is 0.996. The maximum absolute atomic E-state index is 10.4. The maximum atomic E-state index is 10.4. The van der Waals surface area contributed by atoms with Gasteiger partial charge in [-0.2, -0.15) is 0 Å². The summed E-state index contributed by atoms with van der Waals surface area (Å²) in [6, 6.07) is 0. The minimum Gasteiger partial charge on any atom is -0.351 e. The zero-order valence-electron chi connectivity index (χ0n) is 7.00. The van der Waals surface area contributed by atoms with Gasteiger partial charge in [-0.05, 0) is 20.3 Å². The molecule has 0 aromatic carbocycles. The third-order valence-corrected chi connectivity index (χ3v) is 1.78. The van der Waals surface area contributed by atoms with Gasteiger partial charge in [-0.3, -0.25) is 0 Å². The van der Waals surface area contributed by atoms with E-state index in [0.717, 1.165) is 12.7 Å². The van der Waals surface area contributed by atoms with E-state index < -0.39 is 5.79 Å². The minimum absolute atomic E-state index is 0.0109. The lowest BCUT2D eigenvalue weighted by molar-refractivity contribution is -0.201. The van der Waals surface area contributed by atoms with E-state index in [1.807, 2.05) is 13.8 Å². The summed E-state index contributed by atoms with van der Waals surface area (Å²) in [5.41, 5.74) is 0. The minimum atomic E-state index is -0.516. The number of carbonyl (C=O) groups is 1. The van der Waals surface area contributed by atoms with Crippen molar-refractivity contribution in [2.75, 3.05) is 13.2 Å². The molecule has 0 bridgehead atoms. The van der Waals surface area contributed by atoms with E-state index in [4.69, 9.17) is 9.47 Å². The van der Waals surface area contributed by atoms with E-state index in [0.29, 0.717) is 13.2 Å². The van der Waals surface area contributed by atoms with Gasteiger partial charge >= 0.3 is 0 Å². The molecule has 1 atom stereocenters. The second-order valence-electron chi connectivity index (χ2n) is 3.24. The third-order valence-electron chi connectivity index (χ3n) is 1.78. The Hall–Kier alpha value is -0.410. The van der Waals surface area contributed by atoms with Crippen molar-refractivity contribution in [3.8, 4) is 0 Å². The Kier molecular flexibility index (Phi) is 2.62. The molecule has 1 saturated heterocycles. The molecule has 11 heavy (non-hydrogen) atoms. The third kappa shape index (κ3) is 2.60. The smallest absolute Gasteiger partial charge is 0.162 e. The molecule has 0 aliphatic carbocycles. The summed E-state index contributed by atoms with van der Waals surface area (Å²) in [6.07, 6.45) is 1.71. The molecule has 0 aromatic heterocycles. The first-order chi connectivity index (χ1) is 5.14. The Morgan fingerprint density at radius 3 is 2.82 bits per heavy atom. The van der Waals surface area contributed by atoms with Crippen LogP contribution in [0.2, 0.25) is 0 Å². The van der Waals surface area contributed by atoms with Crippen LogP contribution in [-0.2, 0) is 14.3 Å². The zero-order valence-corrected chi connectivity index (χ0v) is 7.00. The van der Waals surface area contributed by atoms with E-state index >= 15 is 0 Å². The van der Waals surface area contributed by atoms with Gasteiger partial charge in [0.15, 0.2) is 5.79 Å². The van der Waals surface area contributed by atoms with Crippen molar-refractivity contribution in [3.63, 3.8) is 0 Å². The van der Waals surface area contributed by atoms with Gasteiger partial charge in [0.25, 0.3) is 0 Å². The van der Waals surface area contributed by atoms with Crippen molar-refractivity contribution >= 4 is 6.29 Å². The van der Waals surface area contributed by atoms with Crippen LogP contribution < -0.4 is 0 Å². The highest BCUT2D eigenvalue weighted by Crippen LogP contribution is 2.18. The summed E-state index contributed by atoms with van der Waals surface area (Å²) in [7, 11) is 0. The summed E-state index contributed by atoms with van der Waals surface area (Å²) in [4.78, 5) is 10.4. The van der Waals surface area contributed by atoms with E-state index in [1.165, 1.54) is 0 Å². The van der Waals surface area contributed by atoms with Gasteiger partial charge in [0, 0.05) is 5.92 Å². The second-order valence-corrected chi connectivity index (χ2v) is 3.24.